The van der Waals surface area contributed by atoms with E-state index in [0.29, 0.717) is 10.7 Å². The maximum atomic E-state index is 5.70. The minimum atomic E-state index is 0.498. The minimum Gasteiger partial charge on any atom is -0.399 e. The zero-order valence-electron chi connectivity index (χ0n) is 19.6. The molecule has 0 radical (unpaired) electrons. The molecule has 31 heavy (non-hydrogen) atoms. The predicted octanol–water partition coefficient (Wildman–Crippen LogP) is 6.31. The smallest absolute Gasteiger partial charge is 0.158 e. The van der Waals surface area contributed by atoms with Gasteiger partial charge in [-0.2, -0.15) is 0 Å². The number of aryl methyl sites for hydroxylation is 2. The van der Waals surface area contributed by atoms with Gasteiger partial charge >= 0.3 is 0 Å². The Bertz CT molecular complexity index is 918. The van der Waals surface area contributed by atoms with Crippen LogP contribution in [0.1, 0.15) is 56.4 Å². The third-order valence-corrected chi connectivity index (χ3v) is 5.83. The average molecular weight is 442 g/mol. The van der Waals surface area contributed by atoms with E-state index in [2.05, 4.69) is 66.8 Å². The van der Waals surface area contributed by atoms with E-state index in [1.165, 1.54) is 36.9 Å². The van der Waals surface area contributed by atoms with Gasteiger partial charge in [-0.1, -0.05) is 51.4 Å². The quantitative estimate of drug-likeness (QED) is 0.545. The van der Waals surface area contributed by atoms with Crippen LogP contribution in [0.3, 0.4) is 0 Å². The van der Waals surface area contributed by atoms with Crippen molar-refractivity contribution in [2.24, 2.45) is 11.7 Å². The van der Waals surface area contributed by atoms with Crippen LogP contribution in [0.4, 0.5) is 11.5 Å². The van der Waals surface area contributed by atoms with Crippen molar-refractivity contribution in [3.63, 3.8) is 0 Å². The second-order valence-electron chi connectivity index (χ2n) is 8.14. The molecule has 1 aliphatic heterocycles. The fourth-order valence-corrected chi connectivity index (χ4v) is 4.14. The Morgan fingerprint density at radius 3 is 2.39 bits per heavy atom. The van der Waals surface area contributed by atoms with E-state index in [4.69, 9.17) is 17.3 Å². The first-order valence-electron chi connectivity index (χ1n) is 10.9. The van der Waals surface area contributed by atoms with Crippen molar-refractivity contribution in [3.05, 3.63) is 65.3 Å². The molecule has 5 nitrogen and oxygen atoms in total. The van der Waals surface area contributed by atoms with Gasteiger partial charge in [-0.3, -0.25) is 4.98 Å². The molecule has 6 heteroatoms. The summed E-state index contributed by atoms with van der Waals surface area (Å²) in [6, 6.07) is 3.85. The number of rotatable bonds is 7. The van der Waals surface area contributed by atoms with Gasteiger partial charge in [0, 0.05) is 42.9 Å². The first-order valence-corrected chi connectivity index (χ1v) is 11.3. The predicted molar refractivity (Wildman–Crippen MR) is 134 cm³/mol. The Morgan fingerprint density at radius 2 is 1.84 bits per heavy atom. The number of nitrogens with zero attached hydrogens (tertiary/aromatic N) is 4. The molecule has 0 unspecified atom stereocenters. The van der Waals surface area contributed by atoms with Gasteiger partial charge in [-0.05, 0) is 50.3 Å². The van der Waals surface area contributed by atoms with Crippen LogP contribution in [0.15, 0.2) is 43.5 Å². The summed E-state index contributed by atoms with van der Waals surface area (Å²) in [5, 5.41) is 0.581. The van der Waals surface area contributed by atoms with Crippen LogP contribution in [0.5, 0.6) is 0 Å². The lowest BCUT2D eigenvalue weighted by Crippen LogP contribution is -2.30. The number of anilines is 2. The number of pyridine rings is 2. The Morgan fingerprint density at radius 1 is 1.19 bits per heavy atom. The third-order valence-electron chi connectivity index (χ3n) is 5.63. The summed E-state index contributed by atoms with van der Waals surface area (Å²) in [6.45, 7) is 17.5. The molecule has 0 saturated heterocycles. The lowest BCUT2D eigenvalue weighted by atomic mass is 9.97. The first-order chi connectivity index (χ1) is 14.7. The van der Waals surface area contributed by atoms with E-state index in [1.54, 1.807) is 12.3 Å². The zero-order chi connectivity index (χ0) is 23.1. The molecular formula is C25H36ClN5. The van der Waals surface area contributed by atoms with Crippen molar-refractivity contribution in [1.82, 2.24) is 9.97 Å². The monoisotopic (exact) mass is 441 g/mol. The standard InChI is InChI=1S/C17H27N3.C8H9ClN2/c1-6-8-15(9-7-2)12-20-14(4)19(5)17-16(20)13(3)10-11-18-17;1-5(10)8-3-7(9)4-11-6(8)2/h10-11,15H,4,6-9,12H2,1-3,5H3;3-4H,1,10H2,2H3. The largest absolute Gasteiger partial charge is 0.399 e. The van der Waals surface area contributed by atoms with Crippen LogP contribution >= 0.6 is 11.6 Å². The molecule has 2 aromatic heterocycles. The van der Waals surface area contributed by atoms with Crippen molar-refractivity contribution in [2.75, 3.05) is 23.4 Å². The molecule has 1 aliphatic rings. The molecule has 0 amide bonds. The zero-order valence-corrected chi connectivity index (χ0v) is 20.3. The fourth-order valence-electron chi connectivity index (χ4n) is 3.98. The summed E-state index contributed by atoms with van der Waals surface area (Å²) in [6.07, 6.45) is 8.55. The molecule has 3 heterocycles. The first kappa shape index (κ1) is 24.7. The second-order valence-corrected chi connectivity index (χ2v) is 8.58. The van der Waals surface area contributed by atoms with Crippen LogP contribution < -0.4 is 15.5 Å². The van der Waals surface area contributed by atoms with Gasteiger partial charge < -0.3 is 15.5 Å². The van der Waals surface area contributed by atoms with Crippen LogP contribution in [-0.4, -0.2) is 23.6 Å². The average Bonchev–Trinajstić information content (AvgIpc) is 2.96. The van der Waals surface area contributed by atoms with Crippen molar-refractivity contribution in [1.29, 1.82) is 0 Å². The van der Waals surface area contributed by atoms with Crippen LogP contribution in [0.2, 0.25) is 5.02 Å². The van der Waals surface area contributed by atoms with Crippen molar-refractivity contribution in [3.8, 4) is 0 Å². The van der Waals surface area contributed by atoms with Crippen LogP contribution in [-0.2, 0) is 0 Å². The Kier molecular flexibility index (Phi) is 8.93. The van der Waals surface area contributed by atoms with Gasteiger partial charge in [0.05, 0.1) is 10.7 Å². The van der Waals surface area contributed by atoms with Gasteiger partial charge in [-0.25, -0.2) is 4.98 Å². The second kappa shape index (κ2) is 11.2. The molecule has 0 aliphatic carbocycles. The molecule has 0 spiro atoms. The van der Waals surface area contributed by atoms with E-state index in [0.717, 1.165) is 35.4 Å². The minimum absolute atomic E-state index is 0.498. The number of nitrogens with two attached hydrogens (primary N) is 1. The van der Waals surface area contributed by atoms with E-state index in [9.17, 15) is 0 Å². The molecule has 2 N–H and O–H groups in total. The van der Waals surface area contributed by atoms with Crippen molar-refractivity contribution >= 4 is 28.8 Å². The molecule has 168 valence electrons. The highest BCUT2D eigenvalue weighted by atomic mass is 35.5. The van der Waals surface area contributed by atoms with E-state index >= 15 is 0 Å². The highest BCUT2D eigenvalue weighted by Gasteiger charge is 2.31. The fraction of sp³-hybridized carbons (Fsp3) is 0.440. The maximum absolute atomic E-state index is 5.70. The summed E-state index contributed by atoms with van der Waals surface area (Å²) < 4.78 is 0. The molecule has 0 bridgehead atoms. The molecule has 0 aromatic carbocycles. The molecule has 0 fully saturated rings. The Hall–Kier alpha value is -2.53. The van der Waals surface area contributed by atoms with Gasteiger partial charge in [0.15, 0.2) is 5.82 Å². The Balaban J connectivity index is 0.000000262. The van der Waals surface area contributed by atoms with Crippen LogP contribution in [0.25, 0.3) is 5.70 Å². The number of hydrogen-bond donors (Lipinski definition) is 1. The van der Waals surface area contributed by atoms with Gasteiger partial charge in [0.1, 0.15) is 5.82 Å². The van der Waals surface area contributed by atoms with Crippen molar-refractivity contribution in [2.45, 2.75) is 53.4 Å². The number of hydrogen-bond acceptors (Lipinski definition) is 5. The van der Waals surface area contributed by atoms with Gasteiger partial charge in [0.2, 0.25) is 0 Å². The molecular weight excluding hydrogens is 406 g/mol. The lowest BCUT2D eigenvalue weighted by molar-refractivity contribution is 0.444. The molecule has 0 saturated carbocycles. The maximum Gasteiger partial charge on any atom is 0.158 e. The molecule has 0 atom stereocenters. The van der Waals surface area contributed by atoms with E-state index < -0.39 is 0 Å². The molecule has 3 rings (SSSR count). The topological polar surface area (TPSA) is 58.3 Å². The number of halogens is 1. The lowest BCUT2D eigenvalue weighted by Gasteiger charge is -2.27. The summed E-state index contributed by atoms with van der Waals surface area (Å²) in [5.74, 6) is 2.83. The number of aromatic nitrogens is 2. The Labute approximate surface area is 192 Å². The van der Waals surface area contributed by atoms with Gasteiger partial charge in [0.25, 0.3) is 0 Å². The highest BCUT2D eigenvalue weighted by Crippen LogP contribution is 2.41. The normalized spacial score (nSPS) is 12.7. The van der Waals surface area contributed by atoms with E-state index in [1.807, 2.05) is 13.1 Å². The summed E-state index contributed by atoms with van der Waals surface area (Å²) in [7, 11) is 2.06. The summed E-state index contributed by atoms with van der Waals surface area (Å²) in [4.78, 5) is 13.0. The summed E-state index contributed by atoms with van der Waals surface area (Å²) >= 11 is 5.70. The van der Waals surface area contributed by atoms with E-state index in [-0.39, 0.29) is 0 Å². The molecule has 2 aromatic rings. The summed E-state index contributed by atoms with van der Waals surface area (Å²) in [5.41, 5.74) is 10.2. The SMILES string of the molecule is C=C(N)c1cc(Cl)cnc1C.C=C1N(C)c2nccc(C)c2N1CC(CCC)CCC. The third kappa shape index (κ3) is 6.01. The van der Waals surface area contributed by atoms with Crippen molar-refractivity contribution < 1.29 is 0 Å². The van der Waals surface area contributed by atoms with Gasteiger partial charge in [-0.15, -0.1) is 0 Å². The van der Waals surface area contributed by atoms with Crippen LogP contribution in [0, 0.1) is 19.8 Å². The highest BCUT2D eigenvalue weighted by molar-refractivity contribution is 6.30. The number of fused-ring (bicyclic) bond motifs is 1.